The Morgan fingerprint density at radius 1 is 1.56 bits per heavy atom. The Bertz CT molecular complexity index is 486. The molecule has 1 atom stereocenters. The van der Waals surface area contributed by atoms with Crippen molar-refractivity contribution in [3.63, 3.8) is 0 Å². The van der Waals surface area contributed by atoms with Gasteiger partial charge in [-0.1, -0.05) is 0 Å². The van der Waals surface area contributed by atoms with Crippen LogP contribution in [-0.2, 0) is 16.1 Å². The van der Waals surface area contributed by atoms with Gasteiger partial charge in [-0.15, -0.1) is 11.8 Å². The van der Waals surface area contributed by atoms with Crippen molar-refractivity contribution in [2.24, 2.45) is 0 Å². The van der Waals surface area contributed by atoms with Crippen LogP contribution in [0.25, 0.3) is 0 Å². The highest BCUT2D eigenvalue weighted by atomic mass is 32.2. The minimum atomic E-state index is -0.943. The number of carbonyl (C=O) groups is 2. The number of nitrogens with zero attached hydrogens (tertiary/aromatic N) is 3. The van der Waals surface area contributed by atoms with E-state index in [0.717, 1.165) is 11.4 Å². The zero-order chi connectivity index (χ0) is 13.3. The molecule has 1 aliphatic rings. The van der Waals surface area contributed by atoms with Crippen LogP contribution < -0.4 is 0 Å². The third-order valence-electron chi connectivity index (χ3n) is 2.88. The standard InChI is InChI=1S/C11H15N3O3S/c1-7-3-8(2)14(12-7)4-10(15)13-6-18-5-9(13)11(16)17/h3,9H,4-6H2,1-2H3,(H,16,17). The van der Waals surface area contributed by atoms with Crippen LogP contribution in [0, 0.1) is 13.8 Å². The second-order valence-electron chi connectivity index (χ2n) is 4.30. The van der Waals surface area contributed by atoms with Crippen molar-refractivity contribution in [1.29, 1.82) is 0 Å². The summed E-state index contributed by atoms with van der Waals surface area (Å²) in [6, 6.07) is 1.18. The molecule has 1 fully saturated rings. The SMILES string of the molecule is Cc1cc(C)n(CC(=O)N2CSCC2C(=O)O)n1. The highest BCUT2D eigenvalue weighted by molar-refractivity contribution is 7.99. The van der Waals surface area contributed by atoms with Gasteiger partial charge in [-0.3, -0.25) is 9.48 Å². The number of hydrogen-bond acceptors (Lipinski definition) is 4. The van der Waals surface area contributed by atoms with Gasteiger partial charge in [-0.2, -0.15) is 5.10 Å². The first-order valence-electron chi connectivity index (χ1n) is 5.60. The van der Waals surface area contributed by atoms with Crippen molar-refractivity contribution in [1.82, 2.24) is 14.7 Å². The van der Waals surface area contributed by atoms with Gasteiger partial charge in [-0.05, 0) is 19.9 Å². The number of aryl methyl sites for hydroxylation is 2. The lowest BCUT2D eigenvalue weighted by Crippen LogP contribution is -2.43. The number of carboxylic acids is 1. The largest absolute Gasteiger partial charge is 0.480 e. The number of rotatable bonds is 3. The molecule has 1 aromatic heterocycles. The first-order chi connectivity index (χ1) is 8.49. The number of carboxylic acid groups (broad SMARTS) is 1. The predicted molar refractivity (Wildman–Crippen MR) is 67.3 cm³/mol. The highest BCUT2D eigenvalue weighted by Crippen LogP contribution is 2.21. The van der Waals surface area contributed by atoms with Gasteiger partial charge in [0.2, 0.25) is 5.91 Å². The molecule has 1 N–H and O–H groups in total. The monoisotopic (exact) mass is 269 g/mol. The molecule has 18 heavy (non-hydrogen) atoms. The number of aliphatic carboxylic acids is 1. The van der Waals surface area contributed by atoms with Crippen molar-refractivity contribution >= 4 is 23.6 Å². The second-order valence-corrected chi connectivity index (χ2v) is 5.30. The van der Waals surface area contributed by atoms with E-state index < -0.39 is 12.0 Å². The average molecular weight is 269 g/mol. The predicted octanol–water partition coefficient (Wildman–Crippen LogP) is 0.486. The van der Waals surface area contributed by atoms with Crippen molar-refractivity contribution in [2.75, 3.05) is 11.6 Å². The van der Waals surface area contributed by atoms with Crippen LogP contribution in [0.3, 0.4) is 0 Å². The van der Waals surface area contributed by atoms with Crippen molar-refractivity contribution < 1.29 is 14.7 Å². The summed E-state index contributed by atoms with van der Waals surface area (Å²) in [5, 5.41) is 13.2. The van der Waals surface area contributed by atoms with Crippen LogP contribution in [0.4, 0.5) is 0 Å². The van der Waals surface area contributed by atoms with Gasteiger partial charge < -0.3 is 10.0 Å². The summed E-state index contributed by atoms with van der Waals surface area (Å²) in [7, 11) is 0. The van der Waals surface area contributed by atoms with Crippen molar-refractivity contribution in [3.05, 3.63) is 17.5 Å². The maximum atomic E-state index is 12.1. The summed E-state index contributed by atoms with van der Waals surface area (Å²) in [6.07, 6.45) is 0. The number of amides is 1. The van der Waals surface area contributed by atoms with Crippen LogP contribution in [0.2, 0.25) is 0 Å². The molecule has 0 bridgehead atoms. The number of thioether (sulfide) groups is 1. The molecule has 0 radical (unpaired) electrons. The van der Waals surface area contributed by atoms with Crippen LogP contribution in [0.15, 0.2) is 6.07 Å². The zero-order valence-corrected chi connectivity index (χ0v) is 11.1. The van der Waals surface area contributed by atoms with E-state index in [4.69, 9.17) is 5.11 Å². The van der Waals surface area contributed by atoms with Gasteiger partial charge in [0.15, 0.2) is 0 Å². The first kappa shape index (κ1) is 12.9. The van der Waals surface area contributed by atoms with Crippen LogP contribution in [0.5, 0.6) is 0 Å². The van der Waals surface area contributed by atoms with E-state index >= 15 is 0 Å². The summed E-state index contributed by atoms with van der Waals surface area (Å²) in [6.45, 7) is 3.84. The fraction of sp³-hybridized carbons (Fsp3) is 0.545. The van der Waals surface area contributed by atoms with Gasteiger partial charge in [0.05, 0.1) is 11.6 Å². The first-order valence-corrected chi connectivity index (χ1v) is 6.75. The average Bonchev–Trinajstić information content (AvgIpc) is 2.86. The van der Waals surface area contributed by atoms with E-state index in [0.29, 0.717) is 11.6 Å². The number of carbonyl (C=O) groups excluding carboxylic acids is 1. The summed E-state index contributed by atoms with van der Waals surface area (Å²) < 4.78 is 1.61. The molecule has 1 amide bonds. The van der Waals surface area contributed by atoms with Gasteiger partial charge in [0.25, 0.3) is 0 Å². The molecular weight excluding hydrogens is 254 g/mol. The molecule has 6 nitrogen and oxygen atoms in total. The van der Waals surface area contributed by atoms with Gasteiger partial charge in [0, 0.05) is 11.4 Å². The maximum Gasteiger partial charge on any atom is 0.327 e. The second kappa shape index (κ2) is 5.01. The topological polar surface area (TPSA) is 75.4 Å². The molecule has 0 saturated carbocycles. The summed E-state index contributed by atoms with van der Waals surface area (Å²) in [5.74, 6) is -0.242. The Hall–Kier alpha value is -1.50. The van der Waals surface area contributed by atoms with Crippen molar-refractivity contribution in [2.45, 2.75) is 26.4 Å². The summed E-state index contributed by atoms with van der Waals surface area (Å²) >= 11 is 1.46. The normalized spacial score (nSPS) is 19.2. The number of hydrogen-bond donors (Lipinski definition) is 1. The molecule has 1 aliphatic heterocycles. The van der Waals surface area contributed by atoms with Crippen LogP contribution in [-0.4, -0.2) is 49.3 Å². The van der Waals surface area contributed by atoms with E-state index in [1.54, 1.807) is 4.68 Å². The quantitative estimate of drug-likeness (QED) is 0.864. The Morgan fingerprint density at radius 3 is 2.83 bits per heavy atom. The lowest BCUT2D eigenvalue weighted by Gasteiger charge is -2.20. The fourth-order valence-electron chi connectivity index (χ4n) is 1.95. The van der Waals surface area contributed by atoms with E-state index in [1.807, 2.05) is 19.9 Å². The van der Waals surface area contributed by atoms with E-state index in [9.17, 15) is 9.59 Å². The van der Waals surface area contributed by atoms with Crippen molar-refractivity contribution in [3.8, 4) is 0 Å². The lowest BCUT2D eigenvalue weighted by atomic mass is 10.3. The van der Waals surface area contributed by atoms with Crippen LogP contribution in [0.1, 0.15) is 11.4 Å². The summed E-state index contributed by atoms with van der Waals surface area (Å²) in [4.78, 5) is 24.5. The lowest BCUT2D eigenvalue weighted by molar-refractivity contribution is -0.148. The van der Waals surface area contributed by atoms with Gasteiger partial charge in [-0.25, -0.2) is 4.79 Å². The molecule has 7 heteroatoms. The highest BCUT2D eigenvalue weighted by Gasteiger charge is 2.34. The third kappa shape index (κ3) is 2.50. The minimum absolute atomic E-state index is 0.101. The van der Waals surface area contributed by atoms with Crippen LogP contribution >= 0.6 is 11.8 Å². The zero-order valence-electron chi connectivity index (χ0n) is 10.3. The van der Waals surface area contributed by atoms with E-state index in [-0.39, 0.29) is 12.5 Å². The Morgan fingerprint density at radius 2 is 2.28 bits per heavy atom. The van der Waals surface area contributed by atoms with E-state index in [2.05, 4.69) is 5.10 Å². The molecule has 1 aromatic rings. The smallest absolute Gasteiger partial charge is 0.327 e. The Kier molecular flexibility index (Phi) is 3.60. The van der Waals surface area contributed by atoms with Gasteiger partial charge in [0.1, 0.15) is 12.6 Å². The molecular formula is C11H15N3O3S. The maximum absolute atomic E-state index is 12.1. The van der Waals surface area contributed by atoms with E-state index in [1.165, 1.54) is 16.7 Å². The summed E-state index contributed by atoms with van der Waals surface area (Å²) in [5.41, 5.74) is 1.76. The minimum Gasteiger partial charge on any atom is -0.480 e. The third-order valence-corrected chi connectivity index (χ3v) is 3.89. The molecule has 2 heterocycles. The molecule has 0 aliphatic carbocycles. The van der Waals surface area contributed by atoms with Gasteiger partial charge >= 0.3 is 5.97 Å². The Balaban J connectivity index is 2.08. The fourth-order valence-corrected chi connectivity index (χ4v) is 3.12. The molecule has 0 aromatic carbocycles. The molecule has 1 unspecified atom stereocenters. The Labute approximate surface area is 109 Å². The number of aromatic nitrogens is 2. The molecule has 98 valence electrons. The molecule has 0 spiro atoms. The molecule has 2 rings (SSSR count). The molecule has 1 saturated heterocycles.